The Morgan fingerprint density at radius 2 is 2.09 bits per heavy atom. The molecule has 0 spiro atoms. The van der Waals surface area contributed by atoms with Crippen LogP contribution in [-0.2, 0) is 9.53 Å². The van der Waals surface area contributed by atoms with Gasteiger partial charge in [-0.25, -0.2) is 0 Å². The van der Waals surface area contributed by atoms with Gasteiger partial charge in [0.05, 0.1) is 11.7 Å². The highest BCUT2D eigenvalue weighted by Gasteiger charge is 2.32. The molecule has 1 atom stereocenters. The second-order valence-corrected chi connectivity index (χ2v) is 5.88. The number of carbonyl (C=O) groups is 1. The highest BCUT2D eigenvalue weighted by Crippen LogP contribution is 2.25. The van der Waals surface area contributed by atoms with Gasteiger partial charge in [0, 0.05) is 12.3 Å². The molecule has 1 aromatic carbocycles. The van der Waals surface area contributed by atoms with Crippen LogP contribution in [0.1, 0.15) is 53.0 Å². The van der Waals surface area contributed by atoms with Gasteiger partial charge in [0.15, 0.2) is 0 Å². The van der Waals surface area contributed by atoms with Gasteiger partial charge in [0.25, 0.3) is 5.91 Å². The van der Waals surface area contributed by atoms with Gasteiger partial charge in [-0.3, -0.25) is 4.79 Å². The molecule has 5 heteroatoms. The Kier molecular flexibility index (Phi) is 7.05. The zero-order valence-corrected chi connectivity index (χ0v) is 14.6. The molecule has 0 heterocycles. The minimum atomic E-state index is -0.879. The number of rotatable bonds is 8. The Morgan fingerprint density at radius 3 is 2.61 bits per heavy atom. The van der Waals surface area contributed by atoms with E-state index in [-0.39, 0.29) is 12.0 Å². The smallest absolute Gasteiger partial charge is 0.256 e. The standard InChI is InChI=1S/C18H26N2O3/c1-6-10-22-18(5,7-2)17(21)20-15-8-9-16(23-13(3)4)14(11-15)12-19/h8-9,11,13H,6-7,10H2,1-5H3,(H,20,21)/t18-/m1/s1. The molecule has 1 N–H and O–H groups in total. The number of benzene rings is 1. The molecule has 0 aliphatic heterocycles. The molecule has 0 saturated carbocycles. The number of carbonyl (C=O) groups excluding carboxylic acids is 1. The number of nitrogens with zero attached hydrogens (tertiary/aromatic N) is 1. The van der Waals surface area contributed by atoms with Gasteiger partial charge >= 0.3 is 0 Å². The van der Waals surface area contributed by atoms with E-state index in [0.29, 0.717) is 30.0 Å². The van der Waals surface area contributed by atoms with Gasteiger partial charge in [-0.15, -0.1) is 0 Å². The number of ether oxygens (including phenoxy) is 2. The van der Waals surface area contributed by atoms with Crippen molar-refractivity contribution in [3.8, 4) is 11.8 Å². The lowest BCUT2D eigenvalue weighted by Gasteiger charge is -2.27. The zero-order chi connectivity index (χ0) is 17.5. The van der Waals surface area contributed by atoms with Crippen LogP contribution >= 0.6 is 0 Å². The number of amides is 1. The summed E-state index contributed by atoms with van der Waals surface area (Å²) >= 11 is 0. The van der Waals surface area contributed by atoms with E-state index < -0.39 is 5.60 Å². The number of anilines is 1. The van der Waals surface area contributed by atoms with Crippen molar-refractivity contribution in [1.29, 1.82) is 5.26 Å². The molecule has 0 aromatic heterocycles. The lowest BCUT2D eigenvalue weighted by Crippen LogP contribution is -2.42. The molecule has 1 aromatic rings. The lowest BCUT2D eigenvalue weighted by molar-refractivity contribution is -0.139. The minimum Gasteiger partial charge on any atom is -0.490 e. The maximum atomic E-state index is 12.5. The van der Waals surface area contributed by atoms with Gasteiger partial charge in [0.2, 0.25) is 0 Å². The fourth-order valence-electron chi connectivity index (χ4n) is 1.97. The van der Waals surface area contributed by atoms with Crippen LogP contribution in [-0.4, -0.2) is 24.2 Å². The molecule has 126 valence electrons. The first-order valence-corrected chi connectivity index (χ1v) is 8.02. The Bertz CT molecular complexity index is 578. The van der Waals surface area contributed by atoms with Crippen LogP contribution in [0, 0.1) is 11.3 Å². The highest BCUT2D eigenvalue weighted by atomic mass is 16.5. The molecule has 0 fully saturated rings. The molecule has 0 bridgehead atoms. The quantitative estimate of drug-likeness (QED) is 0.789. The minimum absolute atomic E-state index is 0.0200. The highest BCUT2D eigenvalue weighted by molar-refractivity contribution is 5.97. The van der Waals surface area contributed by atoms with Crippen molar-refractivity contribution in [3.63, 3.8) is 0 Å². The molecule has 0 aliphatic rings. The molecule has 1 rings (SSSR count). The summed E-state index contributed by atoms with van der Waals surface area (Å²) in [6, 6.07) is 7.14. The Labute approximate surface area is 138 Å². The van der Waals surface area contributed by atoms with Gasteiger partial charge in [-0.05, 0) is 51.8 Å². The van der Waals surface area contributed by atoms with Crippen molar-refractivity contribution in [2.24, 2.45) is 0 Å². The molecular weight excluding hydrogens is 292 g/mol. The topological polar surface area (TPSA) is 71.3 Å². The average Bonchev–Trinajstić information content (AvgIpc) is 2.53. The van der Waals surface area contributed by atoms with Crippen LogP contribution in [0.5, 0.6) is 5.75 Å². The lowest BCUT2D eigenvalue weighted by atomic mass is 10.0. The third kappa shape index (κ3) is 5.26. The SMILES string of the molecule is CCCO[C@](C)(CC)C(=O)Nc1ccc(OC(C)C)c(C#N)c1. The van der Waals surface area contributed by atoms with E-state index in [4.69, 9.17) is 9.47 Å². The normalized spacial score (nSPS) is 13.3. The van der Waals surface area contributed by atoms with E-state index in [1.54, 1.807) is 25.1 Å². The van der Waals surface area contributed by atoms with E-state index in [1.807, 2.05) is 27.7 Å². The first-order chi connectivity index (χ1) is 10.9. The maximum Gasteiger partial charge on any atom is 0.256 e. The first-order valence-electron chi connectivity index (χ1n) is 8.02. The molecule has 0 aliphatic carbocycles. The van der Waals surface area contributed by atoms with Gasteiger partial charge in [-0.2, -0.15) is 5.26 Å². The second kappa shape index (κ2) is 8.54. The molecule has 0 unspecified atom stereocenters. The zero-order valence-electron chi connectivity index (χ0n) is 14.6. The summed E-state index contributed by atoms with van der Waals surface area (Å²) in [5.74, 6) is 0.302. The van der Waals surface area contributed by atoms with E-state index in [1.165, 1.54) is 0 Å². The van der Waals surface area contributed by atoms with Crippen LogP contribution in [0.3, 0.4) is 0 Å². The van der Waals surface area contributed by atoms with Crippen LogP contribution in [0.2, 0.25) is 0 Å². The fourth-order valence-corrected chi connectivity index (χ4v) is 1.97. The second-order valence-electron chi connectivity index (χ2n) is 5.88. The van der Waals surface area contributed by atoms with Crippen molar-refractivity contribution in [1.82, 2.24) is 0 Å². The van der Waals surface area contributed by atoms with Crippen molar-refractivity contribution >= 4 is 11.6 Å². The summed E-state index contributed by atoms with van der Waals surface area (Å²) in [6.45, 7) is 10.0. The number of hydrogen-bond acceptors (Lipinski definition) is 4. The van der Waals surface area contributed by atoms with Crippen LogP contribution in [0.15, 0.2) is 18.2 Å². The molecular formula is C18H26N2O3. The predicted molar refractivity (Wildman–Crippen MR) is 90.5 cm³/mol. The van der Waals surface area contributed by atoms with Gasteiger partial charge < -0.3 is 14.8 Å². The van der Waals surface area contributed by atoms with Crippen molar-refractivity contribution < 1.29 is 14.3 Å². The number of nitriles is 1. The van der Waals surface area contributed by atoms with E-state index in [0.717, 1.165) is 6.42 Å². The Hall–Kier alpha value is -2.06. The molecule has 23 heavy (non-hydrogen) atoms. The Balaban J connectivity index is 2.92. The van der Waals surface area contributed by atoms with Gasteiger partial charge in [0.1, 0.15) is 17.4 Å². The van der Waals surface area contributed by atoms with E-state index in [2.05, 4.69) is 11.4 Å². The first kappa shape index (κ1) is 19.0. The van der Waals surface area contributed by atoms with Crippen LogP contribution in [0.25, 0.3) is 0 Å². The third-order valence-corrected chi connectivity index (χ3v) is 3.50. The van der Waals surface area contributed by atoms with Crippen molar-refractivity contribution in [2.45, 2.75) is 59.2 Å². The third-order valence-electron chi connectivity index (χ3n) is 3.50. The van der Waals surface area contributed by atoms with E-state index in [9.17, 15) is 10.1 Å². The fraction of sp³-hybridized carbons (Fsp3) is 0.556. The number of nitrogens with one attached hydrogen (secondary N) is 1. The summed E-state index contributed by atoms with van der Waals surface area (Å²) in [4.78, 5) is 12.5. The van der Waals surface area contributed by atoms with Crippen LogP contribution < -0.4 is 10.1 Å². The number of hydrogen-bond donors (Lipinski definition) is 1. The summed E-state index contributed by atoms with van der Waals surface area (Å²) in [5.41, 5.74) is 0.0715. The largest absolute Gasteiger partial charge is 0.490 e. The Morgan fingerprint density at radius 1 is 1.39 bits per heavy atom. The molecule has 0 radical (unpaired) electrons. The van der Waals surface area contributed by atoms with Gasteiger partial charge in [-0.1, -0.05) is 13.8 Å². The molecule has 5 nitrogen and oxygen atoms in total. The molecule has 1 amide bonds. The predicted octanol–water partition coefficient (Wildman–Crippen LogP) is 3.88. The monoisotopic (exact) mass is 318 g/mol. The summed E-state index contributed by atoms with van der Waals surface area (Å²) < 4.78 is 11.3. The van der Waals surface area contributed by atoms with Crippen molar-refractivity contribution in [3.05, 3.63) is 23.8 Å². The van der Waals surface area contributed by atoms with E-state index >= 15 is 0 Å². The summed E-state index contributed by atoms with van der Waals surface area (Å²) in [6.07, 6.45) is 1.40. The maximum absolute atomic E-state index is 12.5. The van der Waals surface area contributed by atoms with Crippen LogP contribution in [0.4, 0.5) is 5.69 Å². The average molecular weight is 318 g/mol. The summed E-state index contributed by atoms with van der Waals surface area (Å²) in [7, 11) is 0. The summed E-state index contributed by atoms with van der Waals surface area (Å²) in [5, 5.41) is 12.1. The molecule has 0 saturated heterocycles. The van der Waals surface area contributed by atoms with Crippen molar-refractivity contribution in [2.75, 3.05) is 11.9 Å².